The first-order chi connectivity index (χ1) is 9.16. The van der Waals surface area contributed by atoms with Gasteiger partial charge in [-0.25, -0.2) is 4.79 Å². The number of hydrogen-bond donors (Lipinski definition) is 1. The van der Waals surface area contributed by atoms with Gasteiger partial charge in [-0.15, -0.1) is 0 Å². The number of ether oxygens (including phenoxy) is 1. The first kappa shape index (κ1) is 13.4. The van der Waals surface area contributed by atoms with Gasteiger partial charge in [0.1, 0.15) is 0 Å². The Hall–Kier alpha value is -2.07. The molecule has 0 atom stereocenters. The van der Waals surface area contributed by atoms with E-state index in [0.717, 1.165) is 5.56 Å². The third-order valence-electron chi connectivity index (χ3n) is 2.58. The lowest BCUT2D eigenvalue weighted by Crippen LogP contribution is -2.08. The summed E-state index contributed by atoms with van der Waals surface area (Å²) in [5, 5.41) is 0.349. The van der Waals surface area contributed by atoms with Gasteiger partial charge in [0.15, 0.2) is 0 Å². The van der Waals surface area contributed by atoms with Gasteiger partial charge in [-0.05, 0) is 29.8 Å². The van der Waals surface area contributed by atoms with Crippen LogP contribution in [0.4, 0.5) is 5.69 Å². The molecule has 1 aromatic carbocycles. The van der Waals surface area contributed by atoms with Gasteiger partial charge in [-0.3, -0.25) is 4.98 Å². The summed E-state index contributed by atoms with van der Waals surface area (Å²) >= 11 is 5.85. The van der Waals surface area contributed by atoms with Crippen molar-refractivity contribution in [1.82, 2.24) is 4.98 Å². The van der Waals surface area contributed by atoms with Crippen LogP contribution < -0.4 is 5.73 Å². The van der Waals surface area contributed by atoms with Crippen LogP contribution in [0.1, 0.15) is 15.9 Å². The first-order valence-corrected chi connectivity index (χ1v) is 6.15. The van der Waals surface area contributed by atoms with Gasteiger partial charge in [0.2, 0.25) is 0 Å². The molecule has 1 aromatic heterocycles. The molecule has 0 unspecified atom stereocenters. The van der Waals surface area contributed by atoms with Crippen LogP contribution in [0.5, 0.6) is 0 Å². The summed E-state index contributed by atoms with van der Waals surface area (Å²) in [5.41, 5.74) is 7.43. The average Bonchev–Trinajstić information content (AvgIpc) is 2.43. The van der Waals surface area contributed by atoms with E-state index in [2.05, 4.69) is 4.98 Å². The van der Waals surface area contributed by atoms with Gasteiger partial charge in [0.25, 0.3) is 0 Å². The van der Waals surface area contributed by atoms with Crippen LogP contribution in [0, 0.1) is 0 Å². The molecule has 0 aliphatic carbocycles. The molecule has 0 aliphatic heterocycles. The normalized spacial score (nSPS) is 10.2. The maximum Gasteiger partial charge on any atom is 0.338 e. The van der Waals surface area contributed by atoms with Crippen molar-refractivity contribution < 1.29 is 9.53 Å². The van der Waals surface area contributed by atoms with E-state index in [1.807, 2.05) is 12.1 Å². The molecule has 19 heavy (non-hydrogen) atoms. The van der Waals surface area contributed by atoms with Crippen molar-refractivity contribution in [2.24, 2.45) is 0 Å². The predicted molar refractivity (Wildman–Crippen MR) is 74.1 cm³/mol. The fraction of sp³-hybridized carbons (Fsp3) is 0.143. The maximum absolute atomic E-state index is 11.8. The number of benzene rings is 1. The zero-order chi connectivity index (χ0) is 13.7. The monoisotopic (exact) mass is 276 g/mol. The van der Waals surface area contributed by atoms with Crippen molar-refractivity contribution in [3.8, 4) is 0 Å². The van der Waals surface area contributed by atoms with Crippen LogP contribution in [-0.4, -0.2) is 17.6 Å². The van der Waals surface area contributed by atoms with Crippen molar-refractivity contribution in [1.29, 1.82) is 0 Å². The Balaban J connectivity index is 1.89. The van der Waals surface area contributed by atoms with E-state index in [9.17, 15) is 4.79 Å². The number of anilines is 1. The first-order valence-electron chi connectivity index (χ1n) is 5.78. The number of carbonyl (C=O) groups excluding carboxylic acids is 1. The molecule has 4 nitrogen and oxygen atoms in total. The molecular formula is C14H13ClN2O2. The number of hydrogen-bond acceptors (Lipinski definition) is 4. The lowest BCUT2D eigenvalue weighted by molar-refractivity contribution is 0.0509. The highest BCUT2D eigenvalue weighted by molar-refractivity contribution is 6.33. The lowest BCUT2D eigenvalue weighted by atomic mass is 10.2. The van der Waals surface area contributed by atoms with Crippen molar-refractivity contribution >= 4 is 23.3 Å². The highest BCUT2D eigenvalue weighted by Gasteiger charge is 2.08. The van der Waals surface area contributed by atoms with Crippen LogP contribution in [-0.2, 0) is 11.2 Å². The van der Waals surface area contributed by atoms with E-state index in [1.54, 1.807) is 24.5 Å². The van der Waals surface area contributed by atoms with Gasteiger partial charge in [0, 0.05) is 18.8 Å². The molecule has 0 spiro atoms. The molecule has 2 aromatic rings. The Morgan fingerprint density at radius 1 is 1.37 bits per heavy atom. The third kappa shape index (κ3) is 3.69. The number of nitrogen functional groups attached to an aromatic ring is 1. The molecule has 1 heterocycles. The minimum absolute atomic E-state index is 0.298. The second kappa shape index (κ2) is 6.20. The van der Waals surface area contributed by atoms with Gasteiger partial charge in [-0.2, -0.15) is 0 Å². The second-order valence-electron chi connectivity index (χ2n) is 3.98. The predicted octanol–water partition coefficient (Wildman–Crippen LogP) is 2.72. The zero-order valence-electron chi connectivity index (χ0n) is 10.2. The van der Waals surface area contributed by atoms with Crippen LogP contribution in [0.15, 0.2) is 42.7 Å². The van der Waals surface area contributed by atoms with Crippen LogP contribution in [0.25, 0.3) is 0 Å². The number of aromatic nitrogens is 1. The number of nitrogens with two attached hydrogens (primary N) is 1. The number of nitrogens with zero attached hydrogens (tertiary/aromatic N) is 1. The summed E-state index contributed by atoms with van der Waals surface area (Å²) in [6.45, 7) is 0.298. The highest BCUT2D eigenvalue weighted by Crippen LogP contribution is 2.20. The standard InChI is InChI=1S/C14H13ClN2O2/c15-12-8-11(3-4-13(12)16)14(18)19-7-5-10-2-1-6-17-9-10/h1-4,6,8-9H,5,7,16H2. The van der Waals surface area contributed by atoms with E-state index in [4.69, 9.17) is 22.1 Å². The molecule has 0 saturated carbocycles. The summed E-state index contributed by atoms with van der Waals surface area (Å²) in [6, 6.07) is 8.45. The zero-order valence-corrected chi connectivity index (χ0v) is 10.9. The quantitative estimate of drug-likeness (QED) is 0.689. The molecule has 2 N–H and O–H groups in total. The fourth-order valence-corrected chi connectivity index (χ4v) is 1.73. The second-order valence-corrected chi connectivity index (χ2v) is 4.39. The molecule has 0 radical (unpaired) electrons. The van der Waals surface area contributed by atoms with Gasteiger partial charge in [0.05, 0.1) is 22.9 Å². The van der Waals surface area contributed by atoms with E-state index in [1.165, 1.54) is 6.07 Å². The molecule has 0 saturated heterocycles. The number of rotatable bonds is 4. The third-order valence-corrected chi connectivity index (χ3v) is 2.91. The van der Waals surface area contributed by atoms with Crippen molar-refractivity contribution in [2.45, 2.75) is 6.42 Å². The topological polar surface area (TPSA) is 65.2 Å². The smallest absolute Gasteiger partial charge is 0.338 e. The van der Waals surface area contributed by atoms with E-state index in [0.29, 0.717) is 29.3 Å². The van der Waals surface area contributed by atoms with Crippen LogP contribution in [0.3, 0.4) is 0 Å². The molecule has 98 valence electrons. The number of esters is 1. The van der Waals surface area contributed by atoms with Gasteiger partial charge >= 0.3 is 5.97 Å². The number of carbonyl (C=O) groups is 1. The van der Waals surface area contributed by atoms with E-state index < -0.39 is 5.97 Å². The molecule has 2 rings (SSSR count). The van der Waals surface area contributed by atoms with E-state index in [-0.39, 0.29) is 0 Å². The Kier molecular flexibility index (Phi) is 4.36. The minimum Gasteiger partial charge on any atom is -0.462 e. The molecule has 0 amide bonds. The lowest BCUT2D eigenvalue weighted by Gasteiger charge is -2.06. The SMILES string of the molecule is Nc1ccc(C(=O)OCCc2cccnc2)cc1Cl. The summed E-state index contributed by atoms with van der Waals surface area (Å²) < 4.78 is 5.16. The number of pyridine rings is 1. The van der Waals surface area contributed by atoms with Gasteiger partial charge in [-0.1, -0.05) is 17.7 Å². The Morgan fingerprint density at radius 2 is 2.21 bits per heavy atom. The molecular weight excluding hydrogens is 264 g/mol. The molecule has 0 bridgehead atoms. The summed E-state index contributed by atoms with van der Waals surface area (Å²) in [4.78, 5) is 15.8. The highest BCUT2D eigenvalue weighted by atomic mass is 35.5. The minimum atomic E-state index is -0.411. The molecule has 5 heteroatoms. The van der Waals surface area contributed by atoms with E-state index >= 15 is 0 Å². The van der Waals surface area contributed by atoms with Crippen LogP contribution in [0.2, 0.25) is 5.02 Å². The largest absolute Gasteiger partial charge is 0.462 e. The van der Waals surface area contributed by atoms with Gasteiger partial charge < -0.3 is 10.5 Å². The molecule has 0 aliphatic rings. The summed E-state index contributed by atoms with van der Waals surface area (Å²) in [5.74, 6) is -0.411. The Morgan fingerprint density at radius 3 is 2.89 bits per heavy atom. The van der Waals surface area contributed by atoms with Crippen LogP contribution >= 0.6 is 11.6 Å². The Bertz CT molecular complexity index is 573. The maximum atomic E-state index is 11.8. The number of halogens is 1. The Labute approximate surface area is 116 Å². The summed E-state index contributed by atoms with van der Waals surface area (Å²) in [7, 11) is 0. The average molecular weight is 277 g/mol. The summed E-state index contributed by atoms with van der Waals surface area (Å²) in [6.07, 6.45) is 4.07. The molecule has 0 fully saturated rings. The van der Waals surface area contributed by atoms with Crippen molar-refractivity contribution in [2.75, 3.05) is 12.3 Å². The van der Waals surface area contributed by atoms with Crippen molar-refractivity contribution in [3.63, 3.8) is 0 Å². The fourth-order valence-electron chi connectivity index (χ4n) is 1.55. The van der Waals surface area contributed by atoms with Crippen molar-refractivity contribution in [3.05, 3.63) is 58.9 Å².